The first-order valence-corrected chi connectivity index (χ1v) is 10.7. The Balaban J connectivity index is 1.27. The second-order valence-corrected chi connectivity index (χ2v) is 8.34. The second kappa shape index (κ2) is 8.30. The fourth-order valence-corrected chi connectivity index (χ4v) is 4.57. The van der Waals surface area contributed by atoms with Crippen LogP contribution in [0.15, 0.2) is 61.2 Å². The number of fused-ring (bicyclic) bond motifs is 1. The number of hydrogen-bond donors (Lipinski definition) is 0. The van der Waals surface area contributed by atoms with E-state index in [0.29, 0.717) is 0 Å². The van der Waals surface area contributed by atoms with Gasteiger partial charge in [-0.15, -0.1) is 11.3 Å². The molecule has 6 nitrogen and oxygen atoms in total. The van der Waals surface area contributed by atoms with Gasteiger partial charge in [-0.1, -0.05) is 0 Å². The van der Waals surface area contributed by atoms with E-state index in [2.05, 4.69) is 32.0 Å². The Labute approximate surface area is 179 Å². The molecule has 1 aliphatic heterocycles. The van der Waals surface area contributed by atoms with E-state index in [4.69, 9.17) is 9.72 Å². The summed E-state index contributed by atoms with van der Waals surface area (Å²) in [5, 5.41) is 1.04. The van der Waals surface area contributed by atoms with Crippen molar-refractivity contribution in [2.45, 2.75) is 19.5 Å². The second-order valence-electron chi connectivity index (χ2n) is 7.23. The zero-order valence-electron chi connectivity index (χ0n) is 16.7. The summed E-state index contributed by atoms with van der Waals surface area (Å²) in [5.74, 6) is 1.61. The highest BCUT2D eigenvalue weighted by atomic mass is 32.1. The minimum absolute atomic E-state index is 0.752. The van der Waals surface area contributed by atoms with E-state index in [1.54, 1.807) is 30.8 Å². The van der Waals surface area contributed by atoms with Gasteiger partial charge in [-0.05, 0) is 36.4 Å². The molecular formula is C23H21N5OS. The van der Waals surface area contributed by atoms with Crippen molar-refractivity contribution in [3.8, 4) is 27.7 Å². The first-order chi connectivity index (χ1) is 14.8. The molecule has 0 aliphatic carbocycles. The van der Waals surface area contributed by atoms with Gasteiger partial charge in [-0.25, -0.2) is 15.0 Å². The van der Waals surface area contributed by atoms with Gasteiger partial charge >= 0.3 is 0 Å². The van der Waals surface area contributed by atoms with E-state index in [1.165, 1.54) is 10.4 Å². The van der Waals surface area contributed by atoms with Crippen molar-refractivity contribution in [1.82, 2.24) is 24.8 Å². The minimum atomic E-state index is 0.752. The Kier molecular flexibility index (Phi) is 5.21. The first kappa shape index (κ1) is 18.8. The Morgan fingerprint density at radius 3 is 2.73 bits per heavy atom. The average molecular weight is 416 g/mol. The zero-order chi connectivity index (χ0) is 20.3. The molecule has 5 rings (SSSR count). The molecule has 150 valence electrons. The summed E-state index contributed by atoms with van der Waals surface area (Å²) >= 11 is 1.74. The predicted molar refractivity (Wildman–Crippen MR) is 117 cm³/mol. The summed E-state index contributed by atoms with van der Waals surface area (Å²) in [5.41, 5.74) is 4.42. The van der Waals surface area contributed by atoms with Crippen molar-refractivity contribution in [1.29, 1.82) is 0 Å². The van der Waals surface area contributed by atoms with Gasteiger partial charge in [0.1, 0.15) is 10.8 Å². The maximum absolute atomic E-state index is 5.23. The predicted octanol–water partition coefficient (Wildman–Crippen LogP) is 4.23. The van der Waals surface area contributed by atoms with Crippen LogP contribution in [-0.4, -0.2) is 38.5 Å². The normalized spacial score (nSPS) is 13.8. The molecule has 0 fully saturated rings. The fourth-order valence-electron chi connectivity index (χ4n) is 3.61. The molecule has 0 N–H and O–H groups in total. The number of nitrogens with zero attached hydrogens (tertiary/aromatic N) is 5. The van der Waals surface area contributed by atoms with Crippen LogP contribution in [0.1, 0.15) is 16.1 Å². The fraction of sp³-hybridized carbons (Fsp3) is 0.217. The third-order valence-electron chi connectivity index (χ3n) is 5.20. The van der Waals surface area contributed by atoms with E-state index in [1.807, 2.05) is 36.7 Å². The largest absolute Gasteiger partial charge is 0.497 e. The number of rotatable bonds is 5. The number of thiazole rings is 1. The lowest BCUT2D eigenvalue weighted by Gasteiger charge is -2.27. The first-order valence-electron chi connectivity index (χ1n) is 9.85. The van der Waals surface area contributed by atoms with Crippen LogP contribution < -0.4 is 4.74 Å². The van der Waals surface area contributed by atoms with Gasteiger partial charge in [0.15, 0.2) is 5.82 Å². The summed E-state index contributed by atoms with van der Waals surface area (Å²) in [4.78, 5) is 21.8. The maximum Gasteiger partial charge on any atom is 0.160 e. The number of aromatic nitrogens is 4. The van der Waals surface area contributed by atoms with Gasteiger partial charge < -0.3 is 4.74 Å². The quantitative estimate of drug-likeness (QED) is 0.486. The highest BCUT2D eigenvalue weighted by molar-refractivity contribution is 7.15. The molecule has 1 aromatic carbocycles. The van der Waals surface area contributed by atoms with Crippen molar-refractivity contribution in [2.24, 2.45) is 0 Å². The van der Waals surface area contributed by atoms with Crippen LogP contribution in [0, 0.1) is 0 Å². The summed E-state index contributed by atoms with van der Waals surface area (Å²) in [6, 6.07) is 11.9. The molecule has 0 bridgehead atoms. The van der Waals surface area contributed by atoms with Crippen molar-refractivity contribution in [2.75, 3.05) is 13.7 Å². The van der Waals surface area contributed by atoms with Crippen LogP contribution >= 0.6 is 11.3 Å². The Morgan fingerprint density at radius 1 is 1.03 bits per heavy atom. The molecule has 0 atom stereocenters. The SMILES string of the molecule is COc1ccc(-c2ncc(CN3CCc4nc(-c5cccnc5)ncc4C3)s2)cc1. The summed E-state index contributed by atoms with van der Waals surface area (Å²) < 4.78 is 5.23. The van der Waals surface area contributed by atoms with Crippen molar-refractivity contribution in [3.63, 3.8) is 0 Å². The van der Waals surface area contributed by atoms with Gasteiger partial charge in [-0.3, -0.25) is 9.88 Å². The lowest BCUT2D eigenvalue weighted by atomic mass is 10.1. The lowest BCUT2D eigenvalue weighted by molar-refractivity contribution is 0.245. The third kappa shape index (κ3) is 3.94. The molecule has 0 spiro atoms. The molecule has 1 aliphatic rings. The Hall–Kier alpha value is -3.16. The van der Waals surface area contributed by atoms with Crippen molar-refractivity contribution >= 4 is 11.3 Å². The highest BCUT2D eigenvalue weighted by Crippen LogP contribution is 2.29. The highest BCUT2D eigenvalue weighted by Gasteiger charge is 2.20. The minimum Gasteiger partial charge on any atom is -0.497 e. The molecule has 4 heterocycles. The molecule has 7 heteroatoms. The van der Waals surface area contributed by atoms with Gasteiger partial charge in [0.2, 0.25) is 0 Å². The van der Waals surface area contributed by atoms with Gasteiger partial charge in [0, 0.05) is 72.4 Å². The maximum atomic E-state index is 5.23. The Morgan fingerprint density at radius 2 is 1.93 bits per heavy atom. The van der Waals surface area contributed by atoms with Gasteiger partial charge in [0.25, 0.3) is 0 Å². The monoisotopic (exact) mass is 415 g/mol. The lowest BCUT2D eigenvalue weighted by Crippen LogP contribution is -2.30. The molecule has 0 radical (unpaired) electrons. The van der Waals surface area contributed by atoms with E-state index in [0.717, 1.165) is 59.5 Å². The molecule has 0 unspecified atom stereocenters. The summed E-state index contributed by atoms with van der Waals surface area (Å²) in [6.07, 6.45) is 8.45. The zero-order valence-corrected chi connectivity index (χ0v) is 17.5. The van der Waals surface area contributed by atoms with Crippen molar-refractivity contribution < 1.29 is 4.74 Å². The molecule has 0 saturated carbocycles. The molecule has 4 aromatic rings. The van der Waals surface area contributed by atoms with E-state index in [9.17, 15) is 0 Å². The molecule has 0 amide bonds. The Bertz CT molecular complexity index is 1140. The van der Waals surface area contributed by atoms with E-state index >= 15 is 0 Å². The molecule has 30 heavy (non-hydrogen) atoms. The topological polar surface area (TPSA) is 64.0 Å². The third-order valence-corrected chi connectivity index (χ3v) is 6.23. The number of ether oxygens (including phenoxy) is 1. The number of hydrogen-bond acceptors (Lipinski definition) is 7. The standard InChI is InChI=1S/C23H21N5OS/c1-29-19-6-4-16(5-7-19)23-26-13-20(30-23)15-28-10-8-21-18(14-28)12-25-22(27-21)17-3-2-9-24-11-17/h2-7,9,11-13H,8,10,14-15H2,1H3. The number of methoxy groups -OCH3 is 1. The van der Waals surface area contributed by atoms with Crippen LogP contribution in [0.25, 0.3) is 22.0 Å². The summed E-state index contributed by atoms with van der Waals surface area (Å²) in [7, 11) is 1.68. The van der Waals surface area contributed by atoms with Crippen LogP contribution in [0.5, 0.6) is 5.75 Å². The van der Waals surface area contributed by atoms with Crippen LogP contribution in [-0.2, 0) is 19.5 Å². The van der Waals surface area contributed by atoms with Crippen molar-refractivity contribution in [3.05, 3.63) is 77.3 Å². The number of benzene rings is 1. The average Bonchev–Trinajstić information content (AvgIpc) is 3.28. The molecular weight excluding hydrogens is 394 g/mol. The van der Waals surface area contributed by atoms with Crippen LogP contribution in [0.4, 0.5) is 0 Å². The van der Waals surface area contributed by atoms with Crippen LogP contribution in [0.2, 0.25) is 0 Å². The number of pyridine rings is 1. The van der Waals surface area contributed by atoms with E-state index in [-0.39, 0.29) is 0 Å². The van der Waals surface area contributed by atoms with Gasteiger partial charge in [-0.2, -0.15) is 0 Å². The molecule has 0 saturated heterocycles. The smallest absolute Gasteiger partial charge is 0.160 e. The van der Waals surface area contributed by atoms with Crippen LogP contribution in [0.3, 0.4) is 0 Å². The van der Waals surface area contributed by atoms with Gasteiger partial charge in [0.05, 0.1) is 12.8 Å². The molecule has 3 aromatic heterocycles. The summed E-state index contributed by atoms with van der Waals surface area (Å²) in [6.45, 7) is 2.72. The van der Waals surface area contributed by atoms with E-state index < -0.39 is 0 Å².